The van der Waals surface area contributed by atoms with E-state index in [1.807, 2.05) is 24.3 Å². The minimum Gasteiger partial charge on any atom is -0.454 e. The molecule has 0 fully saturated rings. The summed E-state index contributed by atoms with van der Waals surface area (Å²) in [6, 6.07) is 42.0. The van der Waals surface area contributed by atoms with Crippen LogP contribution in [0.1, 0.15) is 0 Å². The summed E-state index contributed by atoms with van der Waals surface area (Å²) in [6.07, 6.45) is 0. The topological polar surface area (TPSA) is 36.9 Å². The van der Waals surface area contributed by atoms with Crippen molar-refractivity contribution in [1.29, 1.82) is 0 Å². The van der Waals surface area contributed by atoms with Crippen LogP contribution in [-0.2, 0) is 0 Å². The van der Waals surface area contributed by atoms with E-state index >= 15 is 0 Å². The van der Waals surface area contributed by atoms with Gasteiger partial charge in [0.25, 0.3) is 0 Å². The molecule has 0 aliphatic carbocycles. The van der Waals surface area contributed by atoms with Gasteiger partial charge in [0.15, 0.2) is 23.0 Å². The second-order valence-electron chi connectivity index (χ2n) is 10.7. The van der Waals surface area contributed by atoms with Gasteiger partial charge in [-0.3, -0.25) is 0 Å². The molecule has 2 aliphatic rings. The Morgan fingerprint density at radius 3 is 1.20 bits per heavy atom. The lowest BCUT2D eigenvalue weighted by molar-refractivity contribution is 0.173. The summed E-state index contributed by atoms with van der Waals surface area (Å²) >= 11 is 0. The first-order valence-electron chi connectivity index (χ1n) is 14.4. The molecule has 0 saturated carbocycles. The van der Waals surface area contributed by atoms with Crippen LogP contribution < -0.4 is 29.6 Å². The van der Waals surface area contributed by atoms with Crippen molar-refractivity contribution in [2.75, 3.05) is 13.6 Å². The summed E-state index contributed by atoms with van der Waals surface area (Å²) in [5, 5.41) is 2.20. The standard InChI is InChI=1S/C38H28O4P2/c43-37-25(23-9-3-1-4-10-23)13-7-15-29(37)27-17-19-31-35(41-21-39-31)33(27)34-28(18-20-32-36(34)42-22-40-32)30-16-8-14-26(38(30)44)24-11-5-2-6-12-24/h1-20H,21-22,43-44H2. The number of rotatable bonds is 5. The summed E-state index contributed by atoms with van der Waals surface area (Å²) in [7, 11) is 5.97. The molecular formula is C38H28O4P2. The van der Waals surface area contributed by atoms with Crippen molar-refractivity contribution in [3.05, 3.63) is 121 Å². The van der Waals surface area contributed by atoms with Gasteiger partial charge in [-0.2, -0.15) is 0 Å². The Bertz CT molecular complexity index is 1890. The van der Waals surface area contributed by atoms with Gasteiger partial charge < -0.3 is 18.9 Å². The van der Waals surface area contributed by atoms with Crippen molar-refractivity contribution in [2.45, 2.75) is 0 Å². The largest absolute Gasteiger partial charge is 0.454 e. The monoisotopic (exact) mass is 610 g/mol. The number of benzene rings is 6. The normalized spacial score (nSPS) is 12.9. The van der Waals surface area contributed by atoms with Crippen LogP contribution in [0, 0.1) is 0 Å². The molecule has 2 aliphatic heterocycles. The third-order valence-electron chi connectivity index (χ3n) is 8.29. The number of ether oxygens (including phenoxy) is 4. The summed E-state index contributed by atoms with van der Waals surface area (Å²) < 4.78 is 24.4. The van der Waals surface area contributed by atoms with Crippen molar-refractivity contribution >= 4 is 29.1 Å². The summed E-state index contributed by atoms with van der Waals surface area (Å²) in [5.74, 6) is 2.82. The quantitative estimate of drug-likeness (QED) is 0.184. The van der Waals surface area contributed by atoms with Gasteiger partial charge in [-0.1, -0.05) is 97.1 Å². The first-order valence-corrected chi connectivity index (χ1v) is 15.6. The lowest BCUT2D eigenvalue weighted by Gasteiger charge is -2.21. The summed E-state index contributed by atoms with van der Waals surface area (Å²) in [4.78, 5) is 0. The fourth-order valence-electron chi connectivity index (χ4n) is 6.23. The molecule has 2 unspecified atom stereocenters. The smallest absolute Gasteiger partial charge is 0.231 e. The maximum Gasteiger partial charge on any atom is 0.231 e. The predicted molar refractivity (Wildman–Crippen MR) is 185 cm³/mol. The van der Waals surface area contributed by atoms with Gasteiger partial charge in [-0.05, 0) is 79.4 Å². The third-order valence-corrected chi connectivity index (χ3v) is 9.53. The van der Waals surface area contributed by atoms with Crippen LogP contribution in [0.25, 0.3) is 55.6 Å². The zero-order chi connectivity index (χ0) is 29.6. The van der Waals surface area contributed by atoms with E-state index in [0.29, 0.717) is 23.0 Å². The van der Waals surface area contributed by atoms with Crippen LogP contribution >= 0.6 is 18.5 Å². The molecule has 0 saturated heterocycles. The average molecular weight is 611 g/mol. The molecule has 0 spiro atoms. The molecule has 6 aromatic rings. The number of fused-ring (bicyclic) bond motifs is 2. The molecule has 0 radical (unpaired) electrons. The molecule has 0 amide bonds. The Morgan fingerprint density at radius 1 is 0.364 bits per heavy atom. The van der Waals surface area contributed by atoms with Gasteiger partial charge in [0, 0.05) is 11.1 Å². The lowest BCUT2D eigenvalue weighted by atomic mass is 9.86. The van der Waals surface area contributed by atoms with E-state index in [-0.39, 0.29) is 13.6 Å². The average Bonchev–Trinajstić information content (AvgIpc) is 3.75. The van der Waals surface area contributed by atoms with Crippen LogP contribution in [0.15, 0.2) is 121 Å². The highest BCUT2D eigenvalue weighted by Gasteiger charge is 2.32. The first-order chi connectivity index (χ1) is 21.7. The van der Waals surface area contributed by atoms with Crippen LogP contribution in [0.4, 0.5) is 0 Å². The van der Waals surface area contributed by atoms with Crippen molar-refractivity contribution in [1.82, 2.24) is 0 Å². The molecule has 214 valence electrons. The fraction of sp³-hybridized carbons (Fsp3) is 0.0526. The van der Waals surface area contributed by atoms with Gasteiger partial charge in [-0.15, -0.1) is 18.5 Å². The predicted octanol–water partition coefficient (Wildman–Crippen LogP) is 8.48. The lowest BCUT2D eigenvalue weighted by Crippen LogP contribution is -2.05. The zero-order valence-electron chi connectivity index (χ0n) is 23.7. The summed E-state index contributed by atoms with van der Waals surface area (Å²) in [6.45, 7) is 0.313. The third kappa shape index (κ3) is 4.46. The van der Waals surface area contributed by atoms with E-state index in [1.54, 1.807) is 0 Å². The number of hydrogen-bond acceptors (Lipinski definition) is 4. The van der Waals surface area contributed by atoms with Gasteiger partial charge in [0.1, 0.15) is 0 Å². The van der Waals surface area contributed by atoms with Gasteiger partial charge in [0.05, 0.1) is 0 Å². The van der Waals surface area contributed by atoms with Gasteiger partial charge in [-0.25, -0.2) is 0 Å². The fourth-order valence-corrected chi connectivity index (χ4v) is 7.26. The second-order valence-corrected chi connectivity index (χ2v) is 11.9. The Kier molecular flexibility index (Phi) is 6.83. The van der Waals surface area contributed by atoms with Crippen molar-refractivity contribution in [3.63, 3.8) is 0 Å². The summed E-state index contributed by atoms with van der Waals surface area (Å²) in [5.41, 5.74) is 10.7. The van der Waals surface area contributed by atoms with Crippen LogP contribution in [0.2, 0.25) is 0 Å². The highest BCUT2D eigenvalue weighted by atomic mass is 31.0. The van der Waals surface area contributed by atoms with E-state index in [1.165, 1.54) is 0 Å². The van der Waals surface area contributed by atoms with E-state index in [4.69, 9.17) is 18.9 Å². The van der Waals surface area contributed by atoms with E-state index in [2.05, 4.69) is 116 Å². The SMILES string of the molecule is Pc1c(-c2ccccc2)cccc1-c1ccc2c(c1-c1c(-c3cccc(-c4ccccc4)c3P)ccc3c1OCO3)OCO2. The Morgan fingerprint density at radius 2 is 0.773 bits per heavy atom. The van der Waals surface area contributed by atoms with E-state index < -0.39 is 0 Å². The maximum absolute atomic E-state index is 6.24. The van der Waals surface area contributed by atoms with Crippen LogP contribution in [0.3, 0.4) is 0 Å². The first kappa shape index (κ1) is 27.0. The van der Waals surface area contributed by atoms with E-state index in [0.717, 1.165) is 66.2 Å². The molecule has 8 rings (SSSR count). The molecular weight excluding hydrogens is 582 g/mol. The van der Waals surface area contributed by atoms with E-state index in [9.17, 15) is 0 Å². The molecule has 0 bridgehead atoms. The maximum atomic E-state index is 6.24. The molecule has 44 heavy (non-hydrogen) atoms. The zero-order valence-corrected chi connectivity index (χ0v) is 26.1. The Balaban J connectivity index is 1.42. The van der Waals surface area contributed by atoms with Crippen molar-refractivity contribution < 1.29 is 18.9 Å². The molecule has 0 aromatic heterocycles. The molecule has 6 heteroatoms. The second kappa shape index (κ2) is 11.1. The van der Waals surface area contributed by atoms with Gasteiger partial charge >= 0.3 is 0 Å². The highest BCUT2D eigenvalue weighted by Crippen LogP contribution is 2.55. The molecule has 2 atom stereocenters. The minimum atomic E-state index is 0.156. The molecule has 6 aromatic carbocycles. The molecule has 0 N–H and O–H groups in total. The number of hydrogen-bond donors (Lipinski definition) is 0. The highest BCUT2D eigenvalue weighted by molar-refractivity contribution is 7.28. The van der Waals surface area contributed by atoms with Crippen LogP contribution in [0.5, 0.6) is 23.0 Å². The van der Waals surface area contributed by atoms with Crippen molar-refractivity contribution in [2.24, 2.45) is 0 Å². The van der Waals surface area contributed by atoms with Crippen molar-refractivity contribution in [3.8, 4) is 78.6 Å². The molecule has 2 heterocycles. The van der Waals surface area contributed by atoms with Crippen LogP contribution in [-0.4, -0.2) is 13.6 Å². The van der Waals surface area contributed by atoms with Gasteiger partial charge in [0.2, 0.25) is 13.6 Å². The Hall–Kier alpha value is -4.62. The minimum absolute atomic E-state index is 0.156. The molecule has 4 nitrogen and oxygen atoms in total. The Labute approximate surface area is 261 Å².